The van der Waals surface area contributed by atoms with Gasteiger partial charge in [0.1, 0.15) is 0 Å². The Labute approximate surface area is 137 Å². The van der Waals surface area contributed by atoms with Gasteiger partial charge in [-0.3, -0.25) is 4.90 Å². The van der Waals surface area contributed by atoms with Gasteiger partial charge in [0.15, 0.2) is 0 Å². The molecular weight excluding hydrogens is 298 g/mol. The molecule has 2 N–H and O–H groups in total. The molecular formula is C16H29N3O2S. The Kier molecular flexibility index (Phi) is 6.27. The topological polar surface area (TPSA) is 53.6 Å². The van der Waals surface area contributed by atoms with Crippen LogP contribution in [0.15, 0.2) is 0 Å². The molecule has 0 saturated carbocycles. The molecule has 3 heterocycles. The van der Waals surface area contributed by atoms with Crippen LogP contribution in [0, 0.1) is 5.92 Å². The first-order valence-electron chi connectivity index (χ1n) is 8.75. The standard InChI is InChI=1S/C16H29N3O2S/c20-16(18-14-3-8-21-9-4-14)17-11-13-1-6-19(7-2-13)15-5-10-22-12-15/h13-15H,1-12H2,(H2,17,18,20)/t15-/m0/s1. The third kappa shape index (κ3) is 4.77. The van der Waals surface area contributed by atoms with Gasteiger partial charge in [-0.15, -0.1) is 0 Å². The van der Waals surface area contributed by atoms with Gasteiger partial charge >= 0.3 is 6.03 Å². The summed E-state index contributed by atoms with van der Waals surface area (Å²) in [5, 5.41) is 6.14. The van der Waals surface area contributed by atoms with E-state index in [1.54, 1.807) is 0 Å². The predicted molar refractivity (Wildman–Crippen MR) is 90.4 cm³/mol. The Morgan fingerprint density at radius 2 is 1.91 bits per heavy atom. The number of likely N-dealkylation sites (tertiary alicyclic amines) is 1. The lowest BCUT2D eigenvalue weighted by Gasteiger charge is -2.35. The van der Waals surface area contributed by atoms with Gasteiger partial charge in [-0.1, -0.05) is 0 Å². The van der Waals surface area contributed by atoms with Crippen molar-refractivity contribution in [1.29, 1.82) is 0 Å². The minimum Gasteiger partial charge on any atom is -0.381 e. The van der Waals surface area contributed by atoms with Gasteiger partial charge in [0, 0.05) is 37.6 Å². The predicted octanol–water partition coefficient (Wildman–Crippen LogP) is 1.68. The van der Waals surface area contributed by atoms with Crippen LogP contribution in [-0.2, 0) is 4.74 Å². The van der Waals surface area contributed by atoms with Crippen LogP contribution in [0.3, 0.4) is 0 Å². The summed E-state index contributed by atoms with van der Waals surface area (Å²) in [6.07, 6.45) is 5.68. The first-order valence-corrected chi connectivity index (χ1v) is 9.90. The van der Waals surface area contributed by atoms with Crippen molar-refractivity contribution in [2.75, 3.05) is 44.4 Å². The van der Waals surface area contributed by atoms with Crippen LogP contribution in [0.1, 0.15) is 32.1 Å². The number of carbonyl (C=O) groups is 1. The third-order valence-electron chi connectivity index (χ3n) is 5.18. The van der Waals surface area contributed by atoms with Crippen molar-refractivity contribution in [2.24, 2.45) is 5.92 Å². The molecule has 22 heavy (non-hydrogen) atoms. The minimum absolute atomic E-state index is 0.00141. The number of piperidine rings is 1. The molecule has 0 radical (unpaired) electrons. The van der Waals surface area contributed by atoms with Crippen molar-refractivity contribution < 1.29 is 9.53 Å². The van der Waals surface area contributed by atoms with Gasteiger partial charge in [0.05, 0.1) is 0 Å². The Balaban J connectivity index is 1.30. The molecule has 3 rings (SSSR count). The second-order valence-electron chi connectivity index (χ2n) is 6.74. The van der Waals surface area contributed by atoms with Crippen LogP contribution in [0.5, 0.6) is 0 Å². The minimum atomic E-state index is 0.00141. The number of thioether (sulfide) groups is 1. The van der Waals surface area contributed by atoms with Crippen molar-refractivity contribution in [2.45, 2.75) is 44.2 Å². The van der Waals surface area contributed by atoms with Crippen molar-refractivity contribution in [3.05, 3.63) is 0 Å². The van der Waals surface area contributed by atoms with Crippen molar-refractivity contribution in [3.63, 3.8) is 0 Å². The summed E-state index contributed by atoms with van der Waals surface area (Å²) >= 11 is 2.09. The maximum Gasteiger partial charge on any atom is 0.315 e. The van der Waals surface area contributed by atoms with E-state index in [4.69, 9.17) is 4.74 Å². The van der Waals surface area contributed by atoms with E-state index in [-0.39, 0.29) is 12.1 Å². The van der Waals surface area contributed by atoms with Gasteiger partial charge in [0.25, 0.3) is 0 Å². The summed E-state index contributed by atoms with van der Waals surface area (Å²) in [5.41, 5.74) is 0. The quantitative estimate of drug-likeness (QED) is 0.825. The maximum absolute atomic E-state index is 12.0. The molecule has 0 aromatic carbocycles. The number of amides is 2. The SMILES string of the molecule is O=C(NCC1CCN([C@H]2CCSC2)CC1)NC1CCOCC1. The fourth-order valence-electron chi connectivity index (χ4n) is 3.65. The van der Waals surface area contributed by atoms with Crippen LogP contribution < -0.4 is 10.6 Å². The Bertz CT molecular complexity index is 349. The van der Waals surface area contributed by atoms with Gasteiger partial charge < -0.3 is 15.4 Å². The second-order valence-corrected chi connectivity index (χ2v) is 7.89. The Morgan fingerprint density at radius 1 is 1.14 bits per heavy atom. The molecule has 126 valence electrons. The van der Waals surface area contributed by atoms with E-state index in [0.717, 1.165) is 38.6 Å². The van der Waals surface area contributed by atoms with E-state index in [0.29, 0.717) is 5.92 Å². The molecule has 3 aliphatic rings. The number of carbonyl (C=O) groups excluding carboxylic acids is 1. The largest absolute Gasteiger partial charge is 0.381 e. The van der Waals surface area contributed by atoms with Gasteiger partial charge in [-0.05, 0) is 56.9 Å². The zero-order chi connectivity index (χ0) is 15.2. The fraction of sp³-hybridized carbons (Fsp3) is 0.938. The van der Waals surface area contributed by atoms with Crippen LogP contribution in [0.4, 0.5) is 4.79 Å². The smallest absolute Gasteiger partial charge is 0.315 e. The number of ether oxygens (including phenoxy) is 1. The van der Waals surface area contributed by atoms with Crippen molar-refractivity contribution >= 4 is 17.8 Å². The van der Waals surface area contributed by atoms with E-state index in [2.05, 4.69) is 27.3 Å². The molecule has 3 fully saturated rings. The number of nitrogens with one attached hydrogen (secondary N) is 2. The number of hydrogen-bond acceptors (Lipinski definition) is 4. The molecule has 0 aromatic heterocycles. The lowest BCUT2D eigenvalue weighted by atomic mass is 9.95. The molecule has 0 aliphatic carbocycles. The summed E-state index contributed by atoms with van der Waals surface area (Å²) in [4.78, 5) is 14.6. The maximum atomic E-state index is 12.0. The highest BCUT2D eigenvalue weighted by Gasteiger charge is 2.27. The molecule has 3 saturated heterocycles. The van der Waals surface area contributed by atoms with Crippen LogP contribution >= 0.6 is 11.8 Å². The van der Waals surface area contributed by atoms with Crippen LogP contribution in [0.2, 0.25) is 0 Å². The van der Waals surface area contributed by atoms with Gasteiger partial charge in [0.2, 0.25) is 0 Å². The van der Waals surface area contributed by atoms with E-state index in [9.17, 15) is 4.79 Å². The average Bonchev–Trinajstić information content (AvgIpc) is 3.09. The van der Waals surface area contributed by atoms with E-state index < -0.39 is 0 Å². The van der Waals surface area contributed by atoms with Crippen LogP contribution in [0.25, 0.3) is 0 Å². The zero-order valence-corrected chi connectivity index (χ0v) is 14.2. The molecule has 0 aromatic rings. The van der Waals surface area contributed by atoms with Crippen molar-refractivity contribution in [3.8, 4) is 0 Å². The Hall–Kier alpha value is -0.460. The molecule has 0 spiro atoms. The Morgan fingerprint density at radius 3 is 2.59 bits per heavy atom. The number of hydrogen-bond donors (Lipinski definition) is 2. The first kappa shape index (κ1) is 16.4. The average molecular weight is 327 g/mol. The molecule has 3 aliphatic heterocycles. The highest BCUT2D eigenvalue weighted by molar-refractivity contribution is 7.99. The van der Waals surface area contributed by atoms with E-state index in [1.807, 2.05) is 0 Å². The number of nitrogens with zero attached hydrogens (tertiary/aromatic N) is 1. The fourth-order valence-corrected chi connectivity index (χ4v) is 4.90. The van der Waals surface area contributed by atoms with Gasteiger partial charge in [-0.2, -0.15) is 11.8 Å². The molecule has 6 heteroatoms. The summed E-state index contributed by atoms with van der Waals surface area (Å²) < 4.78 is 5.31. The summed E-state index contributed by atoms with van der Waals surface area (Å²) in [7, 11) is 0. The highest BCUT2D eigenvalue weighted by atomic mass is 32.2. The number of urea groups is 1. The molecule has 0 bridgehead atoms. The molecule has 0 unspecified atom stereocenters. The summed E-state index contributed by atoms with van der Waals surface area (Å²) in [5.74, 6) is 3.29. The summed E-state index contributed by atoms with van der Waals surface area (Å²) in [6.45, 7) is 4.77. The number of rotatable bonds is 4. The van der Waals surface area contributed by atoms with E-state index in [1.165, 1.54) is 43.9 Å². The van der Waals surface area contributed by atoms with Crippen molar-refractivity contribution in [1.82, 2.24) is 15.5 Å². The molecule has 5 nitrogen and oxygen atoms in total. The lowest BCUT2D eigenvalue weighted by Crippen LogP contribution is -2.47. The summed E-state index contributed by atoms with van der Waals surface area (Å²) in [6, 6.07) is 1.10. The van der Waals surface area contributed by atoms with Crippen LogP contribution in [-0.4, -0.2) is 67.4 Å². The normalized spacial score (nSPS) is 28.6. The lowest BCUT2D eigenvalue weighted by molar-refractivity contribution is 0.0799. The monoisotopic (exact) mass is 327 g/mol. The third-order valence-corrected chi connectivity index (χ3v) is 6.32. The van der Waals surface area contributed by atoms with Gasteiger partial charge in [-0.25, -0.2) is 4.79 Å². The highest BCUT2D eigenvalue weighted by Crippen LogP contribution is 2.26. The second kappa shape index (κ2) is 8.41. The zero-order valence-electron chi connectivity index (χ0n) is 13.4. The molecule has 1 atom stereocenters. The van der Waals surface area contributed by atoms with E-state index >= 15 is 0 Å². The first-order chi connectivity index (χ1) is 10.8. The molecule has 2 amide bonds.